The number of rotatable bonds is 10. The van der Waals surface area contributed by atoms with Crippen LogP contribution in [0.15, 0.2) is 30.3 Å². The van der Waals surface area contributed by atoms with E-state index in [2.05, 4.69) is 22.4 Å². The van der Waals surface area contributed by atoms with E-state index in [1.165, 1.54) is 24.8 Å². The second-order valence-corrected chi connectivity index (χ2v) is 8.97. The Morgan fingerprint density at radius 1 is 1.32 bits per heavy atom. The number of amides is 1. The van der Waals surface area contributed by atoms with E-state index in [1.54, 1.807) is 0 Å². The number of ether oxygens (including phenoxy) is 1. The molecule has 2 aliphatic rings. The minimum atomic E-state index is -2.12. The van der Waals surface area contributed by atoms with Crippen LogP contribution in [0.25, 0.3) is 0 Å². The van der Waals surface area contributed by atoms with Crippen LogP contribution < -0.4 is 10.1 Å². The summed E-state index contributed by atoms with van der Waals surface area (Å²) in [5.74, 6) is -1.70. The summed E-state index contributed by atoms with van der Waals surface area (Å²) < 4.78 is 19.1. The monoisotopic (exact) mass is 471 g/mol. The molecular weight excluding hydrogens is 441 g/mol. The zero-order chi connectivity index (χ0) is 24.3. The molecule has 182 valence electrons. The van der Waals surface area contributed by atoms with Crippen molar-refractivity contribution in [3.63, 3.8) is 0 Å². The zero-order valence-corrected chi connectivity index (χ0v) is 19.2. The molecule has 0 radical (unpaired) electrons. The minimum absolute atomic E-state index is 0.00657. The van der Waals surface area contributed by atoms with Gasteiger partial charge < -0.3 is 25.2 Å². The molecule has 3 N–H and O–H groups in total. The molecule has 1 aromatic carbocycles. The summed E-state index contributed by atoms with van der Waals surface area (Å²) >= 11 is 0. The van der Waals surface area contributed by atoms with Crippen molar-refractivity contribution in [3.05, 3.63) is 53.0 Å². The number of likely N-dealkylation sites (tertiary alicyclic amines) is 1. The van der Waals surface area contributed by atoms with Crippen LogP contribution in [-0.2, 0) is 28.2 Å². The van der Waals surface area contributed by atoms with Gasteiger partial charge in [0.05, 0.1) is 19.4 Å². The fourth-order valence-electron chi connectivity index (χ4n) is 4.73. The van der Waals surface area contributed by atoms with E-state index in [1.807, 2.05) is 0 Å². The SMILES string of the molecule is COc1ccc([C@@](O)(CC(=O)O)N2CC(CCCCc3ccc4c(n3)NCCC4)C2=O)cc1F. The molecular formula is C25H30FN3O5. The first kappa shape index (κ1) is 23.9. The molecule has 34 heavy (non-hydrogen) atoms. The predicted octanol–water partition coefficient (Wildman–Crippen LogP) is 3.08. The lowest BCUT2D eigenvalue weighted by Gasteiger charge is -2.48. The Bertz CT molecular complexity index is 1080. The lowest BCUT2D eigenvalue weighted by Crippen LogP contribution is -2.62. The third-order valence-electron chi connectivity index (χ3n) is 6.66. The van der Waals surface area contributed by atoms with E-state index >= 15 is 0 Å². The van der Waals surface area contributed by atoms with Crippen LogP contribution in [0, 0.1) is 11.7 Å². The molecule has 0 aliphatic carbocycles. The van der Waals surface area contributed by atoms with Gasteiger partial charge >= 0.3 is 5.97 Å². The number of aromatic nitrogens is 1. The van der Waals surface area contributed by atoms with Crippen LogP contribution in [0.1, 0.15) is 48.9 Å². The molecule has 8 nitrogen and oxygen atoms in total. The van der Waals surface area contributed by atoms with Crippen LogP contribution >= 0.6 is 0 Å². The molecule has 0 spiro atoms. The van der Waals surface area contributed by atoms with E-state index in [0.717, 1.165) is 61.1 Å². The summed E-state index contributed by atoms with van der Waals surface area (Å²) in [6.45, 7) is 1.17. The number of carbonyl (C=O) groups is 2. The number of β-lactam (4-membered cyclic amide) rings is 1. The van der Waals surface area contributed by atoms with Crippen molar-refractivity contribution < 1.29 is 28.9 Å². The molecule has 4 rings (SSSR count). The number of carboxylic acid groups (broad SMARTS) is 1. The zero-order valence-electron chi connectivity index (χ0n) is 19.2. The number of nitrogens with zero attached hydrogens (tertiary/aromatic N) is 2. The van der Waals surface area contributed by atoms with E-state index in [-0.39, 0.29) is 29.7 Å². The molecule has 2 aromatic rings. The third-order valence-corrected chi connectivity index (χ3v) is 6.66. The Morgan fingerprint density at radius 3 is 2.85 bits per heavy atom. The van der Waals surface area contributed by atoms with Crippen LogP contribution in [0.4, 0.5) is 10.2 Å². The first-order valence-corrected chi connectivity index (χ1v) is 11.6. The molecule has 2 aliphatic heterocycles. The molecule has 3 heterocycles. The minimum Gasteiger partial charge on any atom is -0.494 e. The fraction of sp³-hybridized carbons (Fsp3) is 0.480. The molecule has 9 heteroatoms. The van der Waals surface area contributed by atoms with Crippen molar-refractivity contribution in [2.75, 3.05) is 25.5 Å². The maximum absolute atomic E-state index is 14.2. The number of aliphatic hydroxyl groups is 1. The second-order valence-electron chi connectivity index (χ2n) is 8.97. The Balaban J connectivity index is 1.33. The molecule has 2 atom stereocenters. The van der Waals surface area contributed by atoms with Gasteiger partial charge in [0, 0.05) is 24.3 Å². The van der Waals surface area contributed by atoms with E-state index < -0.39 is 23.9 Å². The largest absolute Gasteiger partial charge is 0.494 e. The third kappa shape index (κ3) is 4.84. The number of benzene rings is 1. The lowest BCUT2D eigenvalue weighted by molar-refractivity contribution is -0.196. The number of carbonyl (C=O) groups excluding carboxylic acids is 1. The van der Waals surface area contributed by atoms with Gasteiger partial charge in [-0.25, -0.2) is 9.37 Å². The molecule has 1 aromatic heterocycles. The van der Waals surface area contributed by atoms with Gasteiger partial charge in [0.25, 0.3) is 0 Å². The molecule has 0 bridgehead atoms. The normalized spacial score (nSPS) is 19.0. The number of nitrogens with one attached hydrogen (secondary N) is 1. The average molecular weight is 472 g/mol. The van der Waals surface area contributed by atoms with E-state index in [4.69, 9.17) is 4.74 Å². The number of unbranched alkanes of at least 4 members (excludes halogenated alkanes) is 1. The van der Waals surface area contributed by atoms with Crippen molar-refractivity contribution in [2.24, 2.45) is 5.92 Å². The topological polar surface area (TPSA) is 112 Å². The number of hydrogen-bond acceptors (Lipinski definition) is 6. The number of carboxylic acids is 1. The number of halogens is 1. The van der Waals surface area contributed by atoms with Gasteiger partial charge in [-0.3, -0.25) is 9.59 Å². The maximum Gasteiger partial charge on any atom is 0.308 e. The molecule has 1 unspecified atom stereocenters. The second kappa shape index (κ2) is 9.97. The van der Waals surface area contributed by atoms with Gasteiger partial charge in [-0.15, -0.1) is 0 Å². The Kier molecular flexibility index (Phi) is 7.02. The van der Waals surface area contributed by atoms with E-state index in [0.29, 0.717) is 6.42 Å². The summed E-state index contributed by atoms with van der Waals surface area (Å²) in [4.78, 5) is 30.1. The highest BCUT2D eigenvalue weighted by molar-refractivity contribution is 5.86. The van der Waals surface area contributed by atoms with Crippen molar-refractivity contribution >= 4 is 17.7 Å². The Morgan fingerprint density at radius 2 is 2.15 bits per heavy atom. The lowest BCUT2D eigenvalue weighted by atomic mass is 9.86. The van der Waals surface area contributed by atoms with Crippen molar-refractivity contribution in [2.45, 2.75) is 50.7 Å². The predicted molar refractivity (Wildman–Crippen MR) is 123 cm³/mol. The summed E-state index contributed by atoms with van der Waals surface area (Å²) in [7, 11) is 1.31. The summed E-state index contributed by atoms with van der Waals surface area (Å²) in [5, 5.41) is 23.8. The van der Waals surface area contributed by atoms with Gasteiger partial charge in [-0.2, -0.15) is 0 Å². The summed E-state index contributed by atoms with van der Waals surface area (Å²) in [6.07, 6.45) is 4.56. The number of fused-ring (bicyclic) bond motifs is 1. The van der Waals surface area contributed by atoms with Crippen LogP contribution in [0.3, 0.4) is 0 Å². The smallest absolute Gasteiger partial charge is 0.308 e. The Hall–Kier alpha value is -3.20. The van der Waals surface area contributed by atoms with Gasteiger partial charge in [-0.1, -0.05) is 18.6 Å². The number of anilines is 1. The summed E-state index contributed by atoms with van der Waals surface area (Å²) in [5.41, 5.74) is 0.159. The van der Waals surface area contributed by atoms with E-state index in [9.17, 15) is 24.2 Å². The summed E-state index contributed by atoms with van der Waals surface area (Å²) in [6, 6.07) is 7.89. The fourth-order valence-corrected chi connectivity index (χ4v) is 4.73. The quantitative estimate of drug-likeness (QED) is 0.361. The van der Waals surface area contributed by atoms with Gasteiger partial charge in [-0.05, 0) is 55.9 Å². The number of aryl methyl sites for hydroxylation is 2. The number of pyridine rings is 1. The molecule has 1 fully saturated rings. The first-order chi connectivity index (χ1) is 16.3. The van der Waals surface area contributed by atoms with Crippen molar-refractivity contribution in [3.8, 4) is 5.75 Å². The van der Waals surface area contributed by atoms with Crippen LogP contribution in [0.5, 0.6) is 5.75 Å². The van der Waals surface area contributed by atoms with Gasteiger partial charge in [0.2, 0.25) is 5.91 Å². The van der Waals surface area contributed by atoms with Crippen LogP contribution in [-0.4, -0.2) is 52.2 Å². The van der Waals surface area contributed by atoms with Gasteiger partial charge in [0.1, 0.15) is 5.82 Å². The standard InChI is InChI=1S/C25H30FN3O5/c1-34-21-11-9-18(13-20(21)26)25(33,14-22(30)31)29-15-17(24(29)32)5-2-3-7-19-10-8-16-6-4-12-27-23(16)28-19/h8-11,13,17,33H,2-7,12,14-15H2,1H3,(H,27,28)(H,30,31)/t17?,25-/m0/s1. The average Bonchev–Trinajstić information content (AvgIpc) is 2.82. The van der Waals surface area contributed by atoms with Gasteiger partial charge in [0.15, 0.2) is 17.3 Å². The highest BCUT2D eigenvalue weighted by atomic mass is 19.1. The maximum atomic E-state index is 14.2. The van der Waals surface area contributed by atoms with Crippen molar-refractivity contribution in [1.82, 2.24) is 9.88 Å². The Labute approximate surface area is 197 Å². The van der Waals surface area contributed by atoms with Crippen LogP contribution in [0.2, 0.25) is 0 Å². The molecule has 0 saturated carbocycles. The molecule has 1 saturated heterocycles. The molecule has 1 amide bonds. The highest BCUT2D eigenvalue weighted by Gasteiger charge is 2.50. The highest BCUT2D eigenvalue weighted by Crippen LogP contribution is 2.39. The van der Waals surface area contributed by atoms with Crippen molar-refractivity contribution in [1.29, 1.82) is 0 Å². The number of hydrogen-bond donors (Lipinski definition) is 3. The first-order valence-electron chi connectivity index (χ1n) is 11.6. The number of methoxy groups -OCH3 is 1. The number of aliphatic carboxylic acids is 1.